The Balaban J connectivity index is 1.06. The SMILES string of the molecule is C[C@@H]1CN(c2ccc(C#N)c3ncccc23)C[C@H](CN2CCC(c3cccc(N4CCN(C(=O)OC(C)(C)C)CC4)c3)C2)O1. The second-order valence-electron chi connectivity index (χ2n) is 13.4. The number of nitrogens with zero attached hydrogens (tertiary/aromatic N) is 6. The van der Waals surface area contributed by atoms with E-state index >= 15 is 0 Å². The van der Waals surface area contributed by atoms with Crippen LogP contribution in [0.1, 0.15) is 51.2 Å². The lowest BCUT2D eigenvalue weighted by molar-refractivity contribution is -0.0295. The Bertz CT molecular complexity index is 1520. The largest absolute Gasteiger partial charge is 0.444 e. The average molecular weight is 597 g/mol. The zero-order valence-electron chi connectivity index (χ0n) is 26.4. The molecule has 0 aliphatic carbocycles. The summed E-state index contributed by atoms with van der Waals surface area (Å²) in [6, 6.07) is 19.2. The van der Waals surface area contributed by atoms with Crippen molar-refractivity contribution in [3.8, 4) is 6.07 Å². The molecule has 1 amide bonds. The Morgan fingerprint density at radius 2 is 1.84 bits per heavy atom. The van der Waals surface area contributed by atoms with Crippen molar-refractivity contribution in [1.29, 1.82) is 5.26 Å². The lowest BCUT2D eigenvalue weighted by Gasteiger charge is -2.40. The molecule has 6 rings (SSSR count). The number of carbonyl (C=O) groups excluding carboxylic acids is 1. The van der Waals surface area contributed by atoms with Crippen LogP contribution < -0.4 is 9.80 Å². The second-order valence-corrected chi connectivity index (χ2v) is 13.4. The number of rotatable bonds is 5. The van der Waals surface area contributed by atoms with Gasteiger partial charge in [-0.2, -0.15) is 5.26 Å². The van der Waals surface area contributed by atoms with Crippen LogP contribution in [0.15, 0.2) is 54.7 Å². The van der Waals surface area contributed by atoms with E-state index in [9.17, 15) is 10.1 Å². The molecular weight excluding hydrogens is 552 g/mol. The fourth-order valence-electron chi connectivity index (χ4n) is 6.87. The molecule has 3 saturated heterocycles. The predicted molar refractivity (Wildman–Crippen MR) is 173 cm³/mol. The summed E-state index contributed by atoms with van der Waals surface area (Å²) < 4.78 is 12.0. The molecular formula is C35H44N6O3. The van der Waals surface area contributed by atoms with Crippen LogP contribution in [0.5, 0.6) is 0 Å². The van der Waals surface area contributed by atoms with Crippen molar-refractivity contribution in [2.45, 2.75) is 57.8 Å². The number of anilines is 2. The number of carbonyl (C=O) groups is 1. The van der Waals surface area contributed by atoms with Crippen LogP contribution in [-0.4, -0.2) is 97.6 Å². The van der Waals surface area contributed by atoms with Gasteiger partial charge in [-0.3, -0.25) is 4.98 Å². The summed E-state index contributed by atoms with van der Waals surface area (Å²) in [6.07, 6.45) is 2.88. The van der Waals surface area contributed by atoms with Gasteiger partial charge in [-0.05, 0) is 88.5 Å². The number of benzene rings is 2. The Kier molecular flexibility index (Phi) is 8.66. The van der Waals surface area contributed by atoms with Gasteiger partial charge in [0.05, 0.1) is 23.3 Å². The van der Waals surface area contributed by atoms with Crippen LogP contribution >= 0.6 is 0 Å². The first kappa shape index (κ1) is 30.2. The number of fused-ring (bicyclic) bond motifs is 1. The lowest BCUT2D eigenvalue weighted by Crippen LogP contribution is -2.50. The van der Waals surface area contributed by atoms with Gasteiger partial charge in [0.25, 0.3) is 0 Å². The summed E-state index contributed by atoms with van der Waals surface area (Å²) in [5.74, 6) is 0.490. The van der Waals surface area contributed by atoms with Crippen LogP contribution in [-0.2, 0) is 9.47 Å². The van der Waals surface area contributed by atoms with Crippen molar-refractivity contribution >= 4 is 28.4 Å². The average Bonchev–Trinajstić information content (AvgIpc) is 3.48. The Morgan fingerprint density at radius 3 is 2.61 bits per heavy atom. The van der Waals surface area contributed by atoms with E-state index in [1.54, 1.807) is 6.20 Å². The molecule has 0 saturated carbocycles. The van der Waals surface area contributed by atoms with E-state index in [2.05, 4.69) is 69.1 Å². The normalized spacial score (nSPS) is 23.2. The minimum Gasteiger partial charge on any atom is -0.444 e. The topological polar surface area (TPSA) is 85.2 Å². The molecule has 3 aliphatic heterocycles. The molecule has 3 fully saturated rings. The standard InChI is InChI=1S/C35H44N6O3/c1-25-21-41(32-11-10-27(20-36)33-31(32)9-6-13-37-33)24-30(43-25)23-38-14-12-28(22-38)26-7-5-8-29(19-26)39-15-17-40(18-16-39)34(42)44-35(2,3)4/h5-11,13,19,25,28,30H,12,14-18,21-24H2,1-4H3/t25-,28?,30+/m1/s1. The van der Waals surface area contributed by atoms with E-state index in [0.29, 0.717) is 24.6 Å². The number of hydrogen-bond acceptors (Lipinski definition) is 8. The summed E-state index contributed by atoms with van der Waals surface area (Å²) in [5, 5.41) is 10.6. The number of ether oxygens (including phenoxy) is 2. The van der Waals surface area contributed by atoms with Crippen LogP contribution in [0.25, 0.3) is 10.9 Å². The molecule has 4 heterocycles. The molecule has 0 radical (unpaired) electrons. The molecule has 2 aromatic carbocycles. The summed E-state index contributed by atoms with van der Waals surface area (Å²) in [5.41, 5.74) is 4.63. The van der Waals surface area contributed by atoms with Gasteiger partial charge < -0.3 is 29.1 Å². The highest BCUT2D eigenvalue weighted by molar-refractivity contribution is 5.95. The highest BCUT2D eigenvalue weighted by atomic mass is 16.6. The smallest absolute Gasteiger partial charge is 0.410 e. The summed E-state index contributed by atoms with van der Waals surface area (Å²) in [4.78, 5) is 26.2. The van der Waals surface area contributed by atoms with Gasteiger partial charge in [0.15, 0.2) is 0 Å². The third-order valence-corrected chi connectivity index (χ3v) is 8.91. The number of pyridine rings is 1. The molecule has 3 atom stereocenters. The van der Waals surface area contributed by atoms with Gasteiger partial charge in [-0.25, -0.2) is 4.79 Å². The molecule has 3 aromatic rings. The van der Waals surface area contributed by atoms with Gasteiger partial charge >= 0.3 is 6.09 Å². The summed E-state index contributed by atoms with van der Waals surface area (Å²) in [6.45, 7) is 15.4. The fraction of sp³-hybridized carbons (Fsp3) is 0.514. The highest BCUT2D eigenvalue weighted by Crippen LogP contribution is 2.33. The van der Waals surface area contributed by atoms with Crippen molar-refractivity contribution in [3.63, 3.8) is 0 Å². The number of likely N-dealkylation sites (tertiary alicyclic amines) is 1. The Hall–Kier alpha value is -3.87. The molecule has 9 nitrogen and oxygen atoms in total. The first-order valence-corrected chi connectivity index (χ1v) is 15.9. The molecule has 0 N–H and O–H groups in total. The van der Waals surface area contributed by atoms with Crippen LogP contribution in [0.3, 0.4) is 0 Å². The minimum absolute atomic E-state index is 0.104. The highest BCUT2D eigenvalue weighted by Gasteiger charge is 2.32. The van der Waals surface area contributed by atoms with E-state index in [1.807, 2.05) is 37.8 Å². The molecule has 0 bridgehead atoms. The van der Waals surface area contributed by atoms with Crippen molar-refractivity contribution in [3.05, 3.63) is 65.9 Å². The zero-order valence-corrected chi connectivity index (χ0v) is 26.4. The third-order valence-electron chi connectivity index (χ3n) is 8.91. The van der Waals surface area contributed by atoms with Crippen molar-refractivity contribution < 1.29 is 14.3 Å². The maximum atomic E-state index is 12.5. The molecule has 1 aromatic heterocycles. The molecule has 1 unspecified atom stereocenters. The van der Waals surface area contributed by atoms with Gasteiger partial charge in [-0.1, -0.05) is 12.1 Å². The maximum Gasteiger partial charge on any atom is 0.410 e. The molecule has 232 valence electrons. The first-order valence-electron chi connectivity index (χ1n) is 15.9. The third kappa shape index (κ3) is 6.77. The van der Waals surface area contributed by atoms with E-state index in [0.717, 1.165) is 68.8 Å². The van der Waals surface area contributed by atoms with Crippen LogP contribution in [0, 0.1) is 11.3 Å². The van der Waals surface area contributed by atoms with Crippen molar-refractivity contribution in [1.82, 2.24) is 14.8 Å². The van der Waals surface area contributed by atoms with E-state index in [4.69, 9.17) is 9.47 Å². The summed E-state index contributed by atoms with van der Waals surface area (Å²) in [7, 11) is 0. The van der Waals surface area contributed by atoms with E-state index < -0.39 is 5.60 Å². The molecule has 9 heteroatoms. The molecule has 0 spiro atoms. The molecule has 3 aliphatic rings. The zero-order chi connectivity index (χ0) is 30.8. The quantitative estimate of drug-likeness (QED) is 0.395. The number of aromatic nitrogens is 1. The number of hydrogen-bond donors (Lipinski definition) is 0. The number of piperazine rings is 1. The van der Waals surface area contributed by atoms with Gasteiger partial charge in [-0.15, -0.1) is 0 Å². The van der Waals surface area contributed by atoms with Gasteiger partial charge in [0.2, 0.25) is 0 Å². The number of morpholine rings is 1. The van der Waals surface area contributed by atoms with E-state index in [1.165, 1.54) is 11.3 Å². The number of nitriles is 1. The number of amides is 1. The Morgan fingerprint density at radius 1 is 1.02 bits per heavy atom. The van der Waals surface area contributed by atoms with E-state index in [-0.39, 0.29) is 18.3 Å². The van der Waals surface area contributed by atoms with Gasteiger partial charge in [0, 0.05) is 75.3 Å². The monoisotopic (exact) mass is 596 g/mol. The van der Waals surface area contributed by atoms with Crippen LogP contribution in [0.2, 0.25) is 0 Å². The fourth-order valence-corrected chi connectivity index (χ4v) is 6.87. The van der Waals surface area contributed by atoms with Crippen molar-refractivity contribution in [2.75, 3.05) is 68.7 Å². The summed E-state index contributed by atoms with van der Waals surface area (Å²) >= 11 is 0. The van der Waals surface area contributed by atoms with Crippen LogP contribution in [0.4, 0.5) is 16.2 Å². The predicted octanol–water partition coefficient (Wildman–Crippen LogP) is 5.25. The van der Waals surface area contributed by atoms with Crippen molar-refractivity contribution in [2.24, 2.45) is 0 Å². The Labute approximate surface area is 260 Å². The minimum atomic E-state index is -0.476. The second kappa shape index (κ2) is 12.6. The van der Waals surface area contributed by atoms with Gasteiger partial charge in [0.1, 0.15) is 11.7 Å². The molecule has 44 heavy (non-hydrogen) atoms. The first-order chi connectivity index (χ1) is 21.2. The lowest BCUT2D eigenvalue weighted by atomic mass is 9.97. The maximum absolute atomic E-state index is 12.5.